The third kappa shape index (κ3) is 3.18. The molecule has 0 unspecified atom stereocenters. The lowest BCUT2D eigenvalue weighted by atomic mass is 10.1. The van der Waals surface area contributed by atoms with E-state index >= 15 is 0 Å². The van der Waals surface area contributed by atoms with Gasteiger partial charge < -0.3 is 10.6 Å². The first-order valence-corrected chi connectivity index (χ1v) is 6.05. The third-order valence-corrected chi connectivity index (χ3v) is 2.78. The number of nitrogen functional groups attached to an aromatic ring is 1. The summed E-state index contributed by atoms with van der Waals surface area (Å²) >= 11 is 0. The Morgan fingerprint density at radius 2 is 1.83 bits per heavy atom. The highest BCUT2D eigenvalue weighted by Crippen LogP contribution is 2.18. The number of carbonyl (C=O) groups is 1. The molecule has 1 aromatic rings. The average molecular weight is 256 g/mol. The van der Waals surface area contributed by atoms with E-state index in [2.05, 4.69) is 0 Å². The molecule has 0 heterocycles. The summed E-state index contributed by atoms with van der Waals surface area (Å²) in [4.78, 5) is 13.6. The SMILES string of the molecule is CCCCN(CC)C(=O)c1cc(F)c(N)c(F)c1. The van der Waals surface area contributed by atoms with Crippen LogP contribution in [0.1, 0.15) is 37.0 Å². The van der Waals surface area contributed by atoms with Gasteiger partial charge in [-0.1, -0.05) is 13.3 Å². The van der Waals surface area contributed by atoms with Crippen molar-refractivity contribution in [3.8, 4) is 0 Å². The van der Waals surface area contributed by atoms with Gasteiger partial charge in [0.1, 0.15) is 17.3 Å². The molecule has 18 heavy (non-hydrogen) atoms. The molecular formula is C13H18F2N2O. The molecule has 0 bridgehead atoms. The number of halogens is 2. The quantitative estimate of drug-likeness (QED) is 0.823. The predicted molar refractivity (Wildman–Crippen MR) is 67.3 cm³/mol. The lowest BCUT2D eigenvalue weighted by Crippen LogP contribution is -2.32. The minimum absolute atomic E-state index is 0.00264. The largest absolute Gasteiger partial charge is 0.394 e. The van der Waals surface area contributed by atoms with Gasteiger partial charge >= 0.3 is 0 Å². The molecule has 0 fully saturated rings. The van der Waals surface area contributed by atoms with Crippen molar-refractivity contribution in [3.05, 3.63) is 29.3 Å². The molecule has 0 spiro atoms. The lowest BCUT2D eigenvalue weighted by Gasteiger charge is -2.20. The molecule has 100 valence electrons. The van der Waals surface area contributed by atoms with Crippen molar-refractivity contribution in [2.75, 3.05) is 18.8 Å². The summed E-state index contributed by atoms with van der Waals surface area (Å²) in [7, 11) is 0. The molecule has 0 aromatic heterocycles. The summed E-state index contributed by atoms with van der Waals surface area (Å²) in [6, 6.07) is 1.96. The molecule has 0 atom stereocenters. The van der Waals surface area contributed by atoms with Crippen LogP contribution in [0.25, 0.3) is 0 Å². The van der Waals surface area contributed by atoms with Gasteiger partial charge in [-0.05, 0) is 25.5 Å². The number of anilines is 1. The second-order valence-electron chi connectivity index (χ2n) is 4.09. The van der Waals surface area contributed by atoms with Crippen molar-refractivity contribution < 1.29 is 13.6 Å². The Kier molecular flexibility index (Phi) is 5.07. The van der Waals surface area contributed by atoms with Crippen LogP contribution in [0.3, 0.4) is 0 Å². The van der Waals surface area contributed by atoms with Gasteiger partial charge in [0.2, 0.25) is 0 Å². The number of unbranched alkanes of at least 4 members (excludes halogenated alkanes) is 1. The van der Waals surface area contributed by atoms with Crippen LogP contribution < -0.4 is 5.73 Å². The molecule has 1 aromatic carbocycles. The van der Waals surface area contributed by atoms with Crippen LogP contribution in [0, 0.1) is 11.6 Å². The number of amides is 1. The monoisotopic (exact) mass is 256 g/mol. The summed E-state index contributed by atoms with van der Waals surface area (Å²) < 4.78 is 26.6. The smallest absolute Gasteiger partial charge is 0.254 e. The van der Waals surface area contributed by atoms with Crippen LogP contribution in [0.5, 0.6) is 0 Å². The number of rotatable bonds is 5. The molecule has 1 rings (SSSR count). The maximum atomic E-state index is 13.3. The number of nitrogens with zero attached hydrogens (tertiary/aromatic N) is 1. The van der Waals surface area contributed by atoms with Gasteiger partial charge in [-0.25, -0.2) is 8.78 Å². The number of hydrogen-bond acceptors (Lipinski definition) is 2. The zero-order valence-corrected chi connectivity index (χ0v) is 10.7. The molecule has 3 nitrogen and oxygen atoms in total. The molecule has 0 aliphatic heterocycles. The van der Waals surface area contributed by atoms with Crippen LogP contribution in [0.4, 0.5) is 14.5 Å². The topological polar surface area (TPSA) is 46.3 Å². The van der Waals surface area contributed by atoms with E-state index in [0.717, 1.165) is 25.0 Å². The number of nitrogens with two attached hydrogens (primary N) is 1. The van der Waals surface area contributed by atoms with Gasteiger partial charge in [-0.15, -0.1) is 0 Å². The van der Waals surface area contributed by atoms with Crippen molar-refractivity contribution in [2.45, 2.75) is 26.7 Å². The molecule has 1 amide bonds. The lowest BCUT2D eigenvalue weighted by molar-refractivity contribution is 0.0761. The molecule has 0 saturated carbocycles. The van der Waals surface area contributed by atoms with Crippen LogP contribution >= 0.6 is 0 Å². The second-order valence-corrected chi connectivity index (χ2v) is 4.09. The summed E-state index contributed by atoms with van der Waals surface area (Å²) in [6.45, 7) is 4.93. The molecule has 0 aliphatic carbocycles. The van der Waals surface area contributed by atoms with Crippen LogP contribution in [0.15, 0.2) is 12.1 Å². The van der Waals surface area contributed by atoms with E-state index in [1.54, 1.807) is 4.90 Å². The van der Waals surface area contributed by atoms with Crippen LogP contribution in [-0.4, -0.2) is 23.9 Å². The normalized spacial score (nSPS) is 10.4. The Hall–Kier alpha value is -1.65. The van der Waals surface area contributed by atoms with Gasteiger partial charge in [0.15, 0.2) is 0 Å². The Morgan fingerprint density at radius 3 is 2.28 bits per heavy atom. The zero-order valence-electron chi connectivity index (χ0n) is 10.7. The fourth-order valence-electron chi connectivity index (χ4n) is 1.64. The Morgan fingerprint density at radius 1 is 1.28 bits per heavy atom. The van der Waals surface area contributed by atoms with Crippen molar-refractivity contribution in [1.82, 2.24) is 4.90 Å². The van der Waals surface area contributed by atoms with Crippen molar-refractivity contribution >= 4 is 11.6 Å². The minimum Gasteiger partial charge on any atom is -0.394 e. The van der Waals surface area contributed by atoms with Crippen LogP contribution in [-0.2, 0) is 0 Å². The molecule has 0 aliphatic rings. The standard InChI is InChI=1S/C13H18F2N2O/c1-3-5-6-17(4-2)13(18)9-7-10(14)12(16)11(15)8-9/h7-8H,3-6,16H2,1-2H3. The summed E-state index contributed by atoms with van der Waals surface area (Å²) in [5.41, 5.74) is 4.61. The van der Waals surface area contributed by atoms with Crippen molar-refractivity contribution in [3.63, 3.8) is 0 Å². The molecule has 0 saturated heterocycles. The highest BCUT2D eigenvalue weighted by atomic mass is 19.1. The number of hydrogen-bond donors (Lipinski definition) is 1. The Balaban J connectivity index is 2.95. The summed E-state index contributed by atoms with van der Waals surface area (Å²) in [5.74, 6) is -2.17. The van der Waals surface area contributed by atoms with E-state index in [9.17, 15) is 13.6 Å². The first-order chi connectivity index (χ1) is 8.51. The first kappa shape index (κ1) is 14.4. The van der Waals surface area contributed by atoms with Gasteiger partial charge in [0, 0.05) is 18.7 Å². The Bertz CT molecular complexity index is 412. The fourth-order valence-corrected chi connectivity index (χ4v) is 1.64. The maximum Gasteiger partial charge on any atom is 0.254 e. The summed E-state index contributed by atoms with van der Waals surface area (Å²) in [5, 5.41) is 0. The number of benzene rings is 1. The van der Waals surface area contributed by atoms with E-state index in [1.165, 1.54) is 0 Å². The van der Waals surface area contributed by atoms with E-state index < -0.39 is 17.3 Å². The van der Waals surface area contributed by atoms with E-state index in [-0.39, 0.29) is 11.5 Å². The summed E-state index contributed by atoms with van der Waals surface area (Å²) in [6.07, 6.45) is 1.81. The average Bonchev–Trinajstić information content (AvgIpc) is 2.36. The zero-order chi connectivity index (χ0) is 13.7. The fraction of sp³-hybridized carbons (Fsp3) is 0.462. The second kappa shape index (κ2) is 6.33. The third-order valence-electron chi connectivity index (χ3n) is 2.78. The Labute approximate surface area is 106 Å². The first-order valence-electron chi connectivity index (χ1n) is 6.05. The minimum atomic E-state index is -0.898. The highest BCUT2D eigenvalue weighted by Gasteiger charge is 2.17. The van der Waals surface area contributed by atoms with Gasteiger partial charge in [0.25, 0.3) is 5.91 Å². The van der Waals surface area contributed by atoms with Gasteiger partial charge in [-0.2, -0.15) is 0 Å². The molecule has 0 radical (unpaired) electrons. The number of carbonyl (C=O) groups excluding carboxylic acids is 1. The molecule has 2 N–H and O–H groups in total. The molecular weight excluding hydrogens is 238 g/mol. The molecule has 5 heteroatoms. The van der Waals surface area contributed by atoms with Gasteiger partial charge in [-0.3, -0.25) is 4.79 Å². The van der Waals surface area contributed by atoms with E-state index in [4.69, 9.17) is 5.73 Å². The van der Waals surface area contributed by atoms with Crippen molar-refractivity contribution in [1.29, 1.82) is 0 Å². The van der Waals surface area contributed by atoms with E-state index in [1.807, 2.05) is 13.8 Å². The predicted octanol–water partition coefficient (Wildman–Crippen LogP) is 2.81. The maximum absolute atomic E-state index is 13.3. The highest BCUT2D eigenvalue weighted by molar-refractivity contribution is 5.94. The van der Waals surface area contributed by atoms with Crippen LogP contribution in [0.2, 0.25) is 0 Å². The van der Waals surface area contributed by atoms with E-state index in [0.29, 0.717) is 13.1 Å². The van der Waals surface area contributed by atoms with Crippen molar-refractivity contribution in [2.24, 2.45) is 0 Å². The van der Waals surface area contributed by atoms with Gasteiger partial charge in [0.05, 0.1) is 0 Å².